The molecule has 0 aliphatic heterocycles. The van der Waals surface area contributed by atoms with Gasteiger partial charge in [-0.3, -0.25) is 0 Å². The van der Waals surface area contributed by atoms with Gasteiger partial charge in [0.05, 0.1) is 0 Å². The average Bonchev–Trinajstić information content (AvgIpc) is 2.98. The van der Waals surface area contributed by atoms with Crippen LogP contribution >= 0.6 is 0 Å². The minimum absolute atomic E-state index is 0.886. The molecule has 0 heterocycles. The van der Waals surface area contributed by atoms with Gasteiger partial charge < -0.3 is 0 Å². The van der Waals surface area contributed by atoms with Gasteiger partial charge >= 0.3 is 0 Å². The predicted octanol–water partition coefficient (Wildman–Crippen LogP) is 17.9. The van der Waals surface area contributed by atoms with E-state index in [0.717, 1.165) is 41.9 Å². The Balaban J connectivity index is -0.000000633. The van der Waals surface area contributed by atoms with Crippen molar-refractivity contribution in [3.8, 4) is 0 Å². The first kappa shape index (κ1) is 51.6. The van der Waals surface area contributed by atoms with Gasteiger partial charge in [0.2, 0.25) is 0 Å². The van der Waals surface area contributed by atoms with Crippen LogP contribution in [0, 0.1) is 35.5 Å². The maximum atomic E-state index is 2.44. The van der Waals surface area contributed by atoms with Gasteiger partial charge in [0.1, 0.15) is 0 Å². The van der Waals surface area contributed by atoms with Crippen molar-refractivity contribution in [2.24, 2.45) is 35.5 Å². The molecule has 0 aromatic heterocycles. The lowest BCUT2D eigenvalue weighted by Gasteiger charge is -2.14. The summed E-state index contributed by atoms with van der Waals surface area (Å²) in [5, 5.41) is 0. The lowest BCUT2D eigenvalue weighted by molar-refractivity contribution is 0.391. The van der Waals surface area contributed by atoms with Crippen LogP contribution in [-0.2, 0) is 0 Å². The first-order valence-corrected chi connectivity index (χ1v) is 21.6. The van der Waals surface area contributed by atoms with Crippen LogP contribution in [0.3, 0.4) is 0 Å². The highest BCUT2D eigenvalue weighted by atomic mass is 14.1. The zero-order chi connectivity index (χ0) is 37.2. The zero-order valence-electron chi connectivity index (χ0n) is 36.5. The van der Waals surface area contributed by atoms with Crippen molar-refractivity contribution in [1.82, 2.24) is 0 Å². The van der Waals surface area contributed by atoms with E-state index in [4.69, 9.17) is 0 Å². The van der Waals surface area contributed by atoms with E-state index >= 15 is 0 Å². The normalized spacial score (nSPS) is 14.5. The molecule has 4 atom stereocenters. The van der Waals surface area contributed by atoms with Crippen LogP contribution in [0.5, 0.6) is 0 Å². The Hall–Kier alpha value is -0.780. The molecular weight excluding hydrogens is 577 g/mol. The summed E-state index contributed by atoms with van der Waals surface area (Å²) in [4.78, 5) is 0. The van der Waals surface area contributed by atoms with E-state index in [0.29, 0.717) is 0 Å². The smallest absolute Gasteiger partial charge is 0.0288 e. The van der Waals surface area contributed by atoms with E-state index in [1.807, 2.05) is 0 Å². The Kier molecular flexibility index (Phi) is 40.3. The highest BCUT2D eigenvalue weighted by Crippen LogP contribution is 2.22. The summed E-state index contributed by atoms with van der Waals surface area (Å²) >= 11 is 0. The molecule has 0 rings (SSSR count). The minimum Gasteiger partial charge on any atom is -0.0859 e. The molecule has 0 aromatic rings. The van der Waals surface area contributed by atoms with Crippen molar-refractivity contribution < 1.29 is 0 Å². The standard InChI is InChI=1S/2C16H34.C16H28/c3*1-6-9-15(4)12-8-13-16(5)11-7-10-14(2)3/h2*14-16H,6-13H2,1-5H3;9-10,13H,6-8,11-12H2,1-5H3/b;;15-9+,16-13+/t15-,16+;;/m0../s1. The Labute approximate surface area is 308 Å². The van der Waals surface area contributed by atoms with E-state index in [1.165, 1.54) is 145 Å². The monoisotopic (exact) mass is 673 g/mol. The number of hydrogen-bond acceptors (Lipinski definition) is 0. The van der Waals surface area contributed by atoms with E-state index in [9.17, 15) is 0 Å². The second-order valence-corrected chi connectivity index (χ2v) is 17.4. The Morgan fingerprint density at radius 1 is 0.396 bits per heavy atom. The minimum atomic E-state index is 0.886. The van der Waals surface area contributed by atoms with Crippen LogP contribution in [0.2, 0.25) is 0 Å². The molecule has 0 N–H and O–H groups in total. The zero-order valence-corrected chi connectivity index (χ0v) is 36.5. The van der Waals surface area contributed by atoms with Crippen LogP contribution in [0.15, 0.2) is 34.9 Å². The number of allylic oxidation sites excluding steroid dienone is 6. The second-order valence-electron chi connectivity index (χ2n) is 17.4. The third-order valence-corrected chi connectivity index (χ3v) is 9.98. The summed E-state index contributed by atoms with van der Waals surface area (Å²) in [6.45, 7) is 34.6. The highest BCUT2D eigenvalue weighted by molar-refractivity contribution is 5.05. The molecule has 0 radical (unpaired) electrons. The summed E-state index contributed by atoms with van der Waals surface area (Å²) in [6.07, 6.45) is 35.8. The molecule has 0 heteroatoms. The third-order valence-electron chi connectivity index (χ3n) is 9.98. The van der Waals surface area contributed by atoms with Crippen LogP contribution in [0.1, 0.15) is 239 Å². The van der Waals surface area contributed by atoms with Crippen molar-refractivity contribution in [2.75, 3.05) is 0 Å². The van der Waals surface area contributed by atoms with E-state index in [-0.39, 0.29) is 0 Å². The lowest BCUT2D eigenvalue weighted by atomic mass is 9.92. The molecule has 0 fully saturated rings. The maximum Gasteiger partial charge on any atom is -0.0288 e. The van der Waals surface area contributed by atoms with Gasteiger partial charge in [-0.1, -0.05) is 214 Å². The lowest BCUT2D eigenvalue weighted by Crippen LogP contribution is -1.99. The molecule has 0 aromatic carbocycles. The van der Waals surface area contributed by atoms with Gasteiger partial charge in [-0.25, -0.2) is 0 Å². The molecule has 0 saturated heterocycles. The molecule has 0 nitrogen and oxygen atoms in total. The molecule has 0 aliphatic carbocycles. The average molecular weight is 673 g/mol. The van der Waals surface area contributed by atoms with Crippen molar-refractivity contribution in [3.05, 3.63) is 34.9 Å². The SMILES string of the molecule is CC/C=C(\C)CC/C=C(\C)CCC=C(C)C.CCCC(C)CCCC(C)CCCC(C)C.CCC[C@H](C)CCC[C@H](C)CCCC(C)C. The maximum absolute atomic E-state index is 2.44. The van der Waals surface area contributed by atoms with Gasteiger partial charge in [0.25, 0.3) is 0 Å². The van der Waals surface area contributed by atoms with Crippen molar-refractivity contribution in [3.63, 3.8) is 0 Å². The molecule has 48 heavy (non-hydrogen) atoms. The first-order chi connectivity index (χ1) is 22.7. The first-order valence-electron chi connectivity index (χ1n) is 21.6. The van der Waals surface area contributed by atoms with Crippen LogP contribution in [0.25, 0.3) is 0 Å². The molecule has 0 aliphatic rings. The summed E-state index contributed by atoms with van der Waals surface area (Å²) in [5.74, 6) is 5.58. The molecule has 2 unspecified atom stereocenters. The Morgan fingerprint density at radius 2 is 0.708 bits per heavy atom. The van der Waals surface area contributed by atoms with Gasteiger partial charge in [0, 0.05) is 0 Å². The van der Waals surface area contributed by atoms with Crippen molar-refractivity contribution in [2.45, 2.75) is 239 Å². The van der Waals surface area contributed by atoms with Crippen LogP contribution in [0.4, 0.5) is 0 Å². The van der Waals surface area contributed by atoms with Crippen LogP contribution in [-0.4, -0.2) is 0 Å². The second kappa shape index (κ2) is 37.5. The summed E-state index contributed by atoms with van der Waals surface area (Å²) < 4.78 is 0. The topological polar surface area (TPSA) is 0 Å². The van der Waals surface area contributed by atoms with Crippen molar-refractivity contribution in [1.29, 1.82) is 0 Å². The van der Waals surface area contributed by atoms with E-state index in [2.05, 4.69) is 122 Å². The number of rotatable bonds is 27. The predicted molar refractivity (Wildman–Crippen MR) is 227 cm³/mol. The van der Waals surface area contributed by atoms with E-state index in [1.54, 1.807) is 0 Å². The quantitative estimate of drug-likeness (QED) is 0.0762. The molecule has 0 bridgehead atoms. The summed E-state index contributed by atoms with van der Waals surface area (Å²) in [7, 11) is 0. The van der Waals surface area contributed by atoms with Gasteiger partial charge in [-0.05, 0) is 95.3 Å². The van der Waals surface area contributed by atoms with Gasteiger partial charge in [-0.2, -0.15) is 0 Å². The molecule has 288 valence electrons. The molecule has 0 amide bonds. The van der Waals surface area contributed by atoms with Crippen molar-refractivity contribution >= 4 is 0 Å². The molecule has 0 saturated carbocycles. The van der Waals surface area contributed by atoms with Gasteiger partial charge in [0.15, 0.2) is 0 Å². The Bertz CT molecular complexity index is 693. The molecule has 0 spiro atoms. The Morgan fingerprint density at radius 3 is 1.02 bits per heavy atom. The summed E-state index contributed by atoms with van der Waals surface area (Å²) in [5.41, 5.74) is 4.48. The fraction of sp³-hybridized carbons (Fsp3) is 0.875. The van der Waals surface area contributed by atoms with Crippen LogP contribution < -0.4 is 0 Å². The van der Waals surface area contributed by atoms with Gasteiger partial charge in [-0.15, -0.1) is 0 Å². The van der Waals surface area contributed by atoms with E-state index < -0.39 is 0 Å². The fourth-order valence-corrected chi connectivity index (χ4v) is 6.63. The summed E-state index contributed by atoms with van der Waals surface area (Å²) in [6, 6.07) is 0. The third kappa shape index (κ3) is 45.2. The highest BCUT2D eigenvalue weighted by Gasteiger charge is 2.07. The molecular formula is C48H96. The fourth-order valence-electron chi connectivity index (χ4n) is 6.63. The largest absolute Gasteiger partial charge is 0.0859 e. The number of hydrogen-bond donors (Lipinski definition) is 0.